The van der Waals surface area contributed by atoms with Gasteiger partial charge in [-0.2, -0.15) is 0 Å². The highest BCUT2D eigenvalue weighted by Gasteiger charge is 2.05. The summed E-state index contributed by atoms with van der Waals surface area (Å²) < 4.78 is 5.21. The number of carbonyl (C=O) groups is 1. The van der Waals surface area contributed by atoms with E-state index in [1.54, 1.807) is 25.1 Å². The van der Waals surface area contributed by atoms with Gasteiger partial charge in [0.25, 0.3) is 0 Å². The van der Waals surface area contributed by atoms with E-state index in [0.717, 1.165) is 21.8 Å². The summed E-state index contributed by atoms with van der Waals surface area (Å²) in [4.78, 5) is 15.9. The Balaban J connectivity index is 1.98. The van der Waals surface area contributed by atoms with Crippen molar-refractivity contribution in [3.8, 4) is 5.88 Å². The van der Waals surface area contributed by atoms with Crippen LogP contribution in [-0.2, 0) is 17.0 Å². The molecule has 0 aliphatic carbocycles. The maximum atomic E-state index is 10.6. The van der Waals surface area contributed by atoms with E-state index in [4.69, 9.17) is 9.84 Å². The number of ether oxygens (including phenoxy) is 1. The van der Waals surface area contributed by atoms with Crippen molar-refractivity contribution in [2.45, 2.75) is 17.1 Å². The fraction of sp³-hybridized carbons (Fsp3) is 0.200. The SMILES string of the molecule is COc1ncccc1CSc1ccc(CC(=O)O)cc1. The van der Waals surface area contributed by atoms with E-state index >= 15 is 0 Å². The van der Waals surface area contributed by atoms with Crippen LogP contribution in [0.25, 0.3) is 0 Å². The molecule has 20 heavy (non-hydrogen) atoms. The molecule has 2 rings (SSSR count). The van der Waals surface area contributed by atoms with Gasteiger partial charge < -0.3 is 9.84 Å². The third kappa shape index (κ3) is 3.99. The van der Waals surface area contributed by atoms with Gasteiger partial charge in [0.05, 0.1) is 13.5 Å². The standard InChI is InChI=1S/C15H15NO3S/c1-19-15-12(3-2-8-16-15)10-20-13-6-4-11(5-7-13)9-14(17)18/h2-8H,9-10H2,1H3,(H,17,18). The van der Waals surface area contributed by atoms with E-state index in [-0.39, 0.29) is 6.42 Å². The quantitative estimate of drug-likeness (QED) is 0.828. The Morgan fingerprint density at radius 3 is 2.70 bits per heavy atom. The molecule has 0 spiro atoms. The zero-order valence-electron chi connectivity index (χ0n) is 11.1. The highest BCUT2D eigenvalue weighted by atomic mass is 32.2. The number of thioether (sulfide) groups is 1. The van der Waals surface area contributed by atoms with Gasteiger partial charge in [-0.3, -0.25) is 4.79 Å². The van der Waals surface area contributed by atoms with E-state index in [1.807, 2.05) is 36.4 Å². The molecular weight excluding hydrogens is 274 g/mol. The number of carboxylic acid groups (broad SMARTS) is 1. The fourth-order valence-corrected chi connectivity index (χ4v) is 2.63. The van der Waals surface area contributed by atoms with Crippen LogP contribution in [0, 0.1) is 0 Å². The molecule has 0 saturated heterocycles. The second-order valence-corrected chi connectivity index (χ2v) is 5.22. The summed E-state index contributed by atoms with van der Waals surface area (Å²) in [5, 5.41) is 8.72. The molecule has 1 heterocycles. The van der Waals surface area contributed by atoms with Crippen molar-refractivity contribution in [1.82, 2.24) is 4.98 Å². The van der Waals surface area contributed by atoms with E-state index in [0.29, 0.717) is 5.88 Å². The number of methoxy groups -OCH3 is 1. The van der Waals surface area contributed by atoms with Gasteiger partial charge in [0.2, 0.25) is 5.88 Å². The van der Waals surface area contributed by atoms with Crippen molar-refractivity contribution in [1.29, 1.82) is 0 Å². The van der Waals surface area contributed by atoms with Crippen molar-refractivity contribution >= 4 is 17.7 Å². The lowest BCUT2D eigenvalue weighted by Gasteiger charge is -2.07. The molecule has 0 aliphatic rings. The van der Waals surface area contributed by atoms with Gasteiger partial charge in [-0.05, 0) is 23.8 Å². The molecular formula is C15H15NO3S. The summed E-state index contributed by atoms with van der Waals surface area (Å²) in [7, 11) is 1.61. The molecule has 0 radical (unpaired) electrons. The molecule has 0 amide bonds. The van der Waals surface area contributed by atoms with Gasteiger partial charge in [-0.25, -0.2) is 4.98 Å². The Bertz CT molecular complexity index is 584. The molecule has 0 saturated carbocycles. The number of pyridine rings is 1. The lowest BCUT2D eigenvalue weighted by molar-refractivity contribution is -0.136. The number of hydrogen-bond acceptors (Lipinski definition) is 4. The Morgan fingerprint density at radius 1 is 1.30 bits per heavy atom. The van der Waals surface area contributed by atoms with Crippen LogP contribution in [0.15, 0.2) is 47.5 Å². The summed E-state index contributed by atoms with van der Waals surface area (Å²) in [5.74, 6) is 0.586. The lowest BCUT2D eigenvalue weighted by Crippen LogP contribution is -1.99. The maximum Gasteiger partial charge on any atom is 0.307 e. The molecule has 2 aromatic rings. The first kappa shape index (κ1) is 14.4. The number of benzene rings is 1. The van der Waals surface area contributed by atoms with Crippen molar-refractivity contribution in [2.75, 3.05) is 7.11 Å². The second-order valence-electron chi connectivity index (χ2n) is 4.17. The Labute approximate surface area is 121 Å². The van der Waals surface area contributed by atoms with Gasteiger partial charge in [-0.1, -0.05) is 18.2 Å². The van der Waals surface area contributed by atoms with Crippen LogP contribution in [-0.4, -0.2) is 23.2 Å². The predicted octanol–water partition coefficient (Wildman–Crippen LogP) is 3.01. The minimum Gasteiger partial charge on any atom is -0.481 e. The third-order valence-corrected chi connectivity index (χ3v) is 3.78. The molecule has 0 unspecified atom stereocenters. The molecule has 0 atom stereocenters. The van der Waals surface area contributed by atoms with E-state index in [2.05, 4.69) is 4.98 Å². The number of aliphatic carboxylic acids is 1. The summed E-state index contributed by atoms with van der Waals surface area (Å²) in [5.41, 5.74) is 1.84. The van der Waals surface area contributed by atoms with E-state index < -0.39 is 5.97 Å². The highest BCUT2D eigenvalue weighted by Crippen LogP contribution is 2.26. The van der Waals surface area contributed by atoms with Crippen LogP contribution in [0.3, 0.4) is 0 Å². The topological polar surface area (TPSA) is 59.4 Å². The number of rotatable bonds is 6. The van der Waals surface area contributed by atoms with Gasteiger partial charge >= 0.3 is 5.97 Å². The third-order valence-electron chi connectivity index (χ3n) is 2.72. The largest absolute Gasteiger partial charge is 0.481 e. The molecule has 1 aromatic heterocycles. The molecule has 0 bridgehead atoms. The molecule has 104 valence electrons. The lowest BCUT2D eigenvalue weighted by atomic mass is 10.2. The van der Waals surface area contributed by atoms with Gasteiger partial charge in [0.1, 0.15) is 0 Å². The van der Waals surface area contributed by atoms with Crippen molar-refractivity contribution in [2.24, 2.45) is 0 Å². The van der Waals surface area contributed by atoms with Crippen molar-refractivity contribution in [3.63, 3.8) is 0 Å². The second kappa shape index (κ2) is 6.96. The maximum absolute atomic E-state index is 10.6. The Kier molecular flexibility index (Phi) is 5.01. The van der Waals surface area contributed by atoms with Gasteiger partial charge in [0.15, 0.2) is 0 Å². The molecule has 1 N–H and O–H groups in total. The summed E-state index contributed by atoms with van der Waals surface area (Å²) in [6.07, 6.45) is 1.76. The van der Waals surface area contributed by atoms with Crippen molar-refractivity contribution in [3.05, 3.63) is 53.7 Å². The Hall–Kier alpha value is -2.01. The smallest absolute Gasteiger partial charge is 0.307 e. The first-order chi connectivity index (χ1) is 9.69. The zero-order valence-corrected chi connectivity index (χ0v) is 11.9. The predicted molar refractivity (Wildman–Crippen MR) is 78.1 cm³/mol. The van der Waals surface area contributed by atoms with Gasteiger partial charge in [-0.15, -0.1) is 11.8 Å². The monoisotopic (exact) mass is 289 g/mol. The van der Waals surface area contributed by atoms with Crippen LogP contribution in [0.1, 0.15) is 11.1 Å². The van der Waals surface area contributed by atoms with E-state index in [1.165, 1.54) is 0 Å². The zero-order chi connectivity index (χ0) is 14.4. The fourth-order valence-electron chi connectivity index (χ4n) is 1.76. The molecule has 0 aliphatic heterocycles. The number of nitrogens with zero attached hydrogens (tertiary/aromatic N) is 1. The minimum atomic E-state index is -0.814. The normalized spacial score (nSPS) is 10.2. The summed E-state index contributed by atoms with van der Waals surface area (Å²) >= 11 is 1.66. The Morgan fingerprint density at radius 2 is 2.05 bits per heavy atom. The first-order valence-corrected chi connectivity index (χ1v) is 7.09. The number of carboxylic acids is 1. The highest BCUT2D eigenvalue weighted by molar-refractivity contribution is 7.98. The molecule has 1 aromatic carbocycles. The number of aromatic nitrogens is 1. The van der Waals surface area contributed by atoms with Crippen LogP contribution in [0.2, 0.25) is 0 Å². The van der Waals surface area contributed by atoms with Crippen LogP contribution < -0.4 is 4.74 Å². The average molecular weight is 289 g/mol. The first-order valence-electron chi connectivity index (χ1n) is 6.10. The molecule has 5 heteroatoms. The van der Waals surface area contributed by atoms with Gasteiger partial charge in [0, 0.05) is 22.4 Å². The average Bonchev–Trinajstić information content (AvgIpc) is 2.46. The number of hydrogen-bond donors (Lipinski definition) is 1. The molecule has 4 nitrogen and oxygen atoms in total. The minimum absolute atomic E-state index is 0.0569. The molecule has 0 fully saturated rings. The van der Waals surface area contributed by atoms with Crippen LogP contribution >= 0.6 is 11.8 Å². The van der Waals surface area contributed by atoms with Crippen LogP contribution in [0.4, 0.5) is 0 Å². The van der Waals surface area contributed by atoms with E-state index in [9.17, 15) is 4.79 Å². The summed E-state index contributed by atoms with van der Waals surface area (Å²) in [6.45, 7) is 0. The van der Waals surface area contributed by atoms with Crippen LogP contribution in [0.5, 0.6) is 5.88 Å². The van der Waals surface area contributed by atoms with Crippen molar-refractivity contribution < 1.29 is 14.6 Å². The summed E-state index contributed by atoms with van der Waals surface area (Å²) in [6, 6.07) is 11.4.